The predicted octanol–water partition coefficient (Wildman–Crippen LogP) is 3.82. The average molecular weight is 528 g/mol. The van der Waals surface area contributed by atoms with Gasteiger partial charge in [-0.05, 0) is 42.7 Å². The number of hydrogen-bond acceptors (Lipinski definition) is 7. The lowest BCUT2D eigenvalue weighted by molar-refractivity contribution is 0.0137. The molecule has 2 saturated heterocycles. The number of anilines is 3. The van der Waals surface area contributed by atoms with Crippen molar-refractivity contribution in [1.82, 2.24) is 24.6 Å². The van der Waals surface area contributed by atoms with Crippen molar-refractivity contribution in [2.45, 2.75) is 25.4 Å². The molecule has 200 valence electrons. The third-order valence-corrected chi connectivity index (χ3v) is 8.05. The standard InChI is InChI=1S/C29H30FN7O2/c30-19-7-9-37-25(17-32-27(37)14-19)22-4-5-24(28-23(22)16-33-29(28)38)34-26-6-3-20(15-31-26)36-8-1-2-21(18-36)35-10-12-39-13-11-35/h3-7,9,14-15,17,21H,1-2,8,10-13,16,18H2,(H,31,34)(H,33,38). The molecule has 9 nitrogen and oxygen atoms in total. The Bertz CT molecular complexity index is 1530. The van der Waals surface area contributed by atoms with Gasteiger partial charge in [-0.15, -0.1) is 0 Å². The number of imidazole rings is 1. The lowest BCUT2D eigenvalue weighted by atomic mass is 9.99. The van der Waals surface area contributed by atoms with Crippen molar-refractivity contribution in [3.8, 4) is 11.3 Å². The van der Waals surface area contributed by atoms with Crippen LogP contribution in [0.2, 0.25) is 0 Å². The largest absolute Gasteiger partial charge is 0.379 e. The van der Waals surface area contributed by atoms with E-state index in [-0.39, 0.29) is 11.7 Å². The molecule has 3 aliphatic rings. The first-order chi connectivity index (χ1) is 19.1. The number of nitrogens with one attached hydrogen (secondary N) is 2. The fourth-order valence-electron chi connectivity index (χ4n) is 6.06. The Morgan fingerprint density at radius 2 is 1.95 bits per heavy atom. The Hall–Kier alpha value is -4.02. The Balaban J connectivity index is 1.12. The third kappa shape index (κ3) is 4.49. The van der Waals surface area contributed by atoms with E-state index >= 15 is 0 Å². The molecule has 0 spiro atoms. The maximum atomic E-state index is 13.7. The molecule has 6 heterocycles. The van der Waals surface area contributed by atoms with Crippen molar-refractivity contribution in [2.75, 3.05) is 49.6 Å². The highest BCUT2D eigenvalue weighted by Crippen LogP contribution is 2.35. The van der Waals surface area contributed by atoms with E-state index in [1.807, 2.05) is 28.8 Å². The first-order valence-electron chi connectivity index (χ1n) is 13.5. The highest BCUT2D eigenvalue weighted by atomic mass is 19.1. The van der Waals surface area contributed by atoms with Crippen LogP contribution in [0.4, 0.5) is 21.6 Å². The zero-order chi connectivity index (χ0) is 26.3. The van der Waals surface area contributed by atoms with Gasteiger partial charge >= 0.3 is 0 Å². The van der Waals surface area contributed by atoms with Crippen LogP contribution in [-0.2, 0) is 11.3 Å². The number of halogens is 1. The summed E-state index contributed by atoms with van der Waals surface area (Å²) in [6.45, 7) is 6.09. The van der Waals surface area contributed by atoms with Gasteiger partial charge in [-0.1, -0.05) is 6.07 Å². The molecule has 4 aromatic rings. The topological polar surface area (TPSA) is 87.0 Å². The maximum absolute atomic E-state index is 13.7. The second-order valence-electron chi connectivity index (χ2n) is 10.3. The van der Waals surface area contributed by atoms with E-state index in [1.165, 1.54) is 18.6 Å². The molecule has 0 bridgehead atoms. The van der Waals surface area contributed by atoms with Crippen LogP contribution in [0.5, 0.6) is 0 Å². The van der Waals surface area contributed by atoms with Gasteiger partial charge in [-0.2, -0.15) is 0 Å². The molecule has 1 unspecified atom stereocenters. The quantitative estimate of drug-likeness (QED) is 0.408. The molecule has 0 radical (unpaired) electrons. The molecule has 1 atom stereocenters. The molecule has 0 aliphatic carbocycles. The minimum Gasteiger partial charge on any atom is -0.379 e. The van der Waals surface area contributed by atoms with Crippen molar-refractivity contribution >= 4 is 28.7 Å². The number of carbonyl (C=O) groups excluding carboxylic acids is 1. The molecule has 3 aromatic heterocycles. The van der Waals surface area contributed by atoms with Crippen molar-refractivity contribution in [3.05, 3.63) is 71.9 Å². The summed E-state index contributed by atoms with van der Waals surface area (Å²) in [5.41, 5.74) is 5.51. The fourth-order valence-corrected chi connectivity index (χ4v) is 6.06. The number of rotatable bonds is 5. The highest BCUT2D eigenvalue weighted by Gasteiger charge is 2.28. The van der Waals surface area contributed by atoms with Gasteiger partial charge in [0.1, 0.15) is 17.3 Å². The van der Waals surface area contributed by atoms with E-state index in [1.54, 1.807) is 12.4 Å². The van der Waals surface area contributed by atoms with Gasteiger partial charge < -0.3 is 20.3 Å². The van der Waals surface area contributed by atoms with E-state index < -0.39 is 0 Å². The number of aromatic nitrogens is 3. The number of amides is 1. The summed E-state index contributed by atoms with van der Waals surface area (Å²) < 4.78 is 21.0. The lowest BCUT2D eigenvalue weighted by Gasteiger charge is -2.41. The number of pyridine rings is 2. The SMILES string of the molecule is O=C1NCc2c(-c3cnc4cc(F)ccn34)ccc(Nc3ccc(N4CCCC(N5CCOCC5)C4)cn3)c21. The zero-order valence-electron chi connectivity index (χ0n) is 21.6. The number of piperidine rings is 1. The number of benzene rings is 1. The minimum atomic E-state index is -0.336. The maximum Gasteiger partial charge on any atom is 0.254 e. The summed E-state index contributed by atoms with van der Waals surface area (Å²) in [6.07, 6.45) is 7.67. The molecule has 3 aliphatic heterocycles. The Kier molecular flexibility index (Phi) is 6.13. The Labute approximate surface area is 225 Å². The highest BCUT2D eigenvalue weighted by molar-refractivity contribution is 6.06. The van der Waals surface area contributed by atoms with Gasteiger partial charge in [0.05, 0.1) is 48.2 Å². The normalized spacial score (nSPS) is 19.8. The summed E-state index contributed by atoms with van der Waals surface area (Å²) in [7, 11) is 0. The van der Waals surface area contributed by atoms with E-state index in [2.05, 4.69) is 31.5 Å². The summed E-state index contributed by atoms with van der Waals surface area (Å²) in [6, 6.07) is 11.3. The van der Waals surface area contributed by atoms with Crippen molar-refractivity contribution in [3.63, 3.8) is 0 Å². The minimum absolute atomic E-state index is 0.131. The molecular formula is C29H30FN7O2. The van der Waals surface area contributed by atoms with Crippen molar-refractivity contribution in [1.29, 1.82) is 0 Å². The van der Waals surface area contributed by atoms with Crippen LogP contribution >= 0.6 is 0 Å². The van der Waals surface area contributed by atoms with Gasteiger partial charge in [0, 0.05) is 56.6 Å². The summed E-state index contributed by atoms with van der Waals surface area (Å²) in [5.74, 6) is 0.214. The number of hydrogen-bond donors (Lipinski definition) is 2. The first kappa shape index (κ1) is 24.1. The summed E-state index contributed by atoms with van der Waals surface area (Å²) >= 11 is 0. The van der Waals surface area contributed by atoms with Gasteiger partial charge in [0.15, 0.2) is 0 Å². The predicted molar refractivity (Wildman–Crippen MR) is 147 cm³/mol. The van der Waals surface area contributed by atoms with Crippen LogP contribution < -0.4 is 15.5 Å². The summed E-state index contributed by atoms with van der Waals surface area (Å²) in [4.78, 5) is 26.9. The van der Waals surface area contributed by atoms with E-state index in [4.69, 9.17) is 9.72 Å². The molecule has 10 heteroatoms. The van der Waals surface area contributed by atoms with Crippen LogP contribution in [0.15, 0.2) is 55.0 Å². The second-order valence-corrected chi connectivity index (χ2v) is 10.3. The number of carbonyl (C=O) groups is 1. The second kappa shape index (κ2) is 9.94. The van der Waals surface area contributed by atoms with Gasteiger partial charge in [-0.3, -0.25) is 14.1 Å². The smallest absolute Gasteiger partial charge is 0.254 e. The van der Waals surface area contributed by atoms with Crippen LogP contribution in [0.1, 0.15) is 28.8 Å². The number of fused-ring (bicyclic) bond motifs is 2. The Morgan fingerprint density at radius 1 is 1.05 bits per heavy atom. The van der Waals surface area contributed by atoms with E-state index in [9.17, 15) is 9.18 Å². The number of ether oxygens (including phenoxy) is 1. The molecule has 39 heavy (non-hydrogen) atoms. The monoisotopic (exact) mass is 527 g/mol. The van der Waals surface area contributed by atoms with Crippen LogP contribution in [0.3, 0.4) is 0 Å². The third-order valence-electron chi connectivity index (χ3n) is 8.05. The Morgan fingerprint density at radius 3 is 2.79 bits per heavy atom. The molecule has 1 aromatic carbocycles. The molecule has 2 N–H and O–H groups in total. The van der Waals surface area contributed by atoms with Gasteiger partial charge in [0.25, 0.3) is 5.91 Å². The number of morpholine rings is 1. The summed E-state index contributed by atoms with van der Waals surface area (Å²) in [5, 5.41) is 6.30. The van der Waals surface area contributed by atoms with Gasteiger partial charge in [0.2, 0.25) is 0 Å². The lowest BCUT2D eigenvalue weighted by Crippen LogP contribution is -2.51. The fraction of sp³-hybridized carbons (Fsp3) is 0.345. The van der Waals surface area contributed by atoms with E-state index in [0.717, 1.165) is 68.3 Å². The van der Waals surface area contributed by atoms with Crippen LogP contribution in [-0.4, -0.2) is 70.6 Å². The molecule has 7 rings (SSSR count). The molecule has 1 amide bonds. The van der Waals surface area contributed by atoms with Gasteiger partial charge in [-0.25, -0.2) is 14.4 Å². The molecule has 0 saturated carbocycles. The molecule has 2 fully saturated rings. The molecular weight excluding hydrogens is 497 g/mol. The number of nitrogens with zero attached hydrogens (tertiary/aromatic N) is 5. The van der Waals surface area contributed by atoms with Crippen molar-refractivity contribution < 1.29 is 13.9 Å². The average Bonchev–Trinajstić information content (AvgIpc) is 3.58. The van der Waals surface area contributed by atoms with Crippen LogP contribution in [0, 0.1) is 5.82 Å². The van der Waals surface area contributed by atoms with Crippen LogP contribution in [0.25, 0.3) is 16.9 Å². The first-order valence-corrected chi connectivity index (χ1v) is 13.5. The zero-order valence-corrected chi connectivity index (χ0v) is 21.6. The van der Waals surface area contributed by atoms with Crippen molar-refractivity contribution in [2.24, 2.45) is 0 Å². The van der Waals surface area contributed by atoms with E-state index in [0.29, 0.717) is 35.3 Å².